The zero-order valence-corrected chi connectivity index (χ0v) is 11.3. The molecular weight excluding hydrogens is 270 g/mol. The lowest BCUT2D eigenvalue weighted by Gasteiger charge is -2.13. The lowest BCUT2D eigenvalue weighted by atomic mass is 9.95. The van der Waals surface area contributed by atoms with Crippen molar-refractivity contribution in [1.82, 2.24) is 25.0 Å². The Kier molecular flexibility index (Phi) is 3.31. The molecule has 0 amide bonds. The summed E-state index contributed by atoms with van der Waals surface area (Å²) in [6.45, 7) is 1.98. The maximum atomic E-state index is 11.6. The molecule has 2 heterocycles. The quantitative estimate of drug-likeness (QED) is 0.774. The van der Waals surface area contributed by atoms with E-state index in [0.29, 0.717) is 17.8 Å². The maximum Gasteiger partial charge on any atom is 0.312 e. The minimum Gasteiger partial charge on any atom is -0.481 e. The summed E-state index contributed by atoms with van der Waals surface area (Å²) in [4.78, 5) is 15.7. The SMILES string of the molecule is Cc1cccc(CC(C(=O)O)c2cncc3nnnn23)c1. The molecular formula is C14H13N5O2. The second kappa shape index (κ2) is 5.28. The Morgan fingerprint density at radius 2 is 2.24 bits per heavy atom. The zero-order chi connectivity index (χ0) is 14.8. The monoisotopic (exact) mass is 283 g/mol. The average molecular weight is 283 g/mol. The number of benzene rings is 1. The predicted octanol–water partition coefficient (Wildman–Crippen LogP) is 1.24. The van der Waals surface area contributed by atoms with Gasteiger partial charge in [0.25, 0.3) is 0 Å². The Balaban J connectivity index is 2.02. The number of nitrogens with zero attached hydrogens (tertiary/aromatic N) is 5. The molecule has 1 N–H and O–H groups in total. The number of fused-ring (bicyclic) bond motifs is 1. The van der Waals surface area contributed by atoms with Crippen molar-refractivity contribution in [2.24, 2.45) is 0 Å². The first-order valence-corrected chi connectivity index (χ1v) is 6.45. The van der Waals surface area contributed by atoms with Crippen molar-refractivity contribution in [3.8, 4) is 0 Å². The minimum atomic E-state index is -0.929. The van der Waals surface area contributed by atoms with Gasteiger partial charge < -0.3 is 5.11 Å². The maximum absolute atomic E-state index is 11.6. The third kappa shape index (κ3) is 2.58. The highest BCUT2D eigenvalue weighted by molar-refractivity contribution is 5.76. The van der Waals surface area contributed by atoms with Crippen LogP contribution in [0.4, 0.5) is 0 Å². The number of aryl methyl sites for hydroxylation is 1. The zero-order valence-electron chi connectivity index (χ0n) is 11.3. The van der Waals surface area contributed by atoms with Gasteiger partial charge in [-0.05, 0) is 29.3 Å². The summed E-state index contributed by atoms with van der Waals surface area (Å²) in [6.07, 6.45) is 3.35. The van der Waals surface area contributed by atoms with Crippen LogP contribution in [0.3, 0.4) is 0 Å². The van der Waals surface area contributed by atoms with Gasteiger partial charge in [0.15, 0.2) is 5.65 Å². The van der Waals surface area contributed by atoms with E-state index in [-0.39, 0.29) is 0 Å². The van der Waals surface area contributed by atoms with Gasteiger partial charge in [-0.25, -0.2) is 0 Å². The van der Waals surface area contributed by atoms with Crippen molar-refractivity contribution >= 4 is 11.6 Å². The van der Waals surface area contributed by atoms with Crippen molar-refractivity contribution < 1.29 is 9.90 Å². The van der Waals surface area contributed by atoms with E-state index in [4.69, 9.17) is 0 Å². The third-order valence-corrected chi connectivity index (χ3v) is 3.31. The third-order valence-electron chi connectivity index (χ3n) is 3.31. The van der Waals surface area contributed by atoms with E-state index in [1.54, 1.807) is 0 Å². The molecule has 0 aliphatic rings. The van der Waals surface area contributed by atoms with Gasteiger partial charge in [0.1, 0.15) is 5.92 Å². The van der Waals surface area contributed by atoms with Crippen molar-refractivity contribution in [1.29, 1.82) is 0 Å². The number of carboxylic acids is 1. The molecule has 1 aromatic carbocycles. The van der Waals surface area contributed by atoms with Gasteiger partial charge in [-0.2, -0.15) is 4.52 Å². The van der Waals surface area contributed by atoms with Crippen LogP contribution < -0.4 is 0 Å². The van der Waals surface area contributed by atoms with Crippen molar-refractivity contribution in [2.45, 2.75) is 19.3 Å². The molecule has 3 rings (SSSR count). The van der Waals surface area contributed by atoms with Crippen LogP contribution in [0.25, 0.3) is 5.65 Å². The lowest BCUT2D eigenvalue weighted by molar-refractivity contribution is -0.138. The number of carbonyl (C=O) groups is 1. The molecule has 0 radical (unpaired) electrons. The van der Waals surface area contributed by atoms with Crippen molar-refractivity contribution in [3.05, 3.63) is 53.5 Å². The molecule has 0 aliphatic heterocycles. The lowest BCUT2D eigenvalue weighted by Crippen LogP contribution is -2.18. The summed E-state index contributed by atoms with van der Waals surface area (Å²) >= 11 is 0. The van der Waals surface area contributed by atoms with Crippen LogP contribution >= 0.6 is 0 Å². The van der Waals surface area contributed by atoms with Crippen LogP contribution in [-0.4, -0.2) is 36.1 Å². The van der Waals surface area contributed by atoms with Crippen LogP contribution in [0, 0.1) is 6.92 Å². The summed E-state index contributed by atoms with van der Waals surface area (Å²) in [5.41, 5.74) is 2.94. The van der Waals surface area contributed by atoms with E-state index in [0.717, 1.165) is 11.1 Å². The Morgan fingerprint density at radius 1 is 1.38 bits per heavy atom. The Bertz CT molecular complexity index is 799. The number of rotatable bonds is 4. The normalized spacial score (nSPS) is 12.4. The molecule has 0 saturated carbocycles. The number of hydrogen-bond acceptors (Lipinski definition) is 5. The summed E-state index contributed by atoms with van der Waals surface area (Å²) < 4.78 is 1.42. The number of aliphatic carboxylic acids is 1. The van der Waals surface area contributed by atoms with Gasteiger partial charge in [-0.3, -0.25) is 9.78 Å². The summed E-state index contributed by atoms with van der Waals surface area (Å²) in [6, 6.07) is 7.78. The van der Waals surface area contributed by atoms with E-state index in [2.05, 4.69) is 20.5 Å². The molecule has 1 unspecified atom stereocenters. The highest BCUT2D eigenvalue weighted by Crippen LogP contribution is 2.21. The van der Waals surface area contributed by atoms with Gasteiger partial charge in [0.05, 0.1) is 11.9 Å². The van der Waals surface area contributed by atoms with E-state index in [9.17, 15) is 9.90 Å². The van der Waals surface area contributed by atoms with Crippen LogP contribution in [0.5, 0.6) is 0 Å². The van der Waals surface area contributed by atoms with Gasteiger partial charge in [-0.1, -0.05) is 29.8 Å². The molecule has 21 heavy (non-hydrogen) atoms. The number of tetrazole rings is 1. The molecule has 3 aromatic rings. The van der Waals surface area contributed by atoms with Crippen LogP contribution in [0.1, 0.15) is 22.7 Å². The number of carboxylic acid groups (broad SMARTS) is 1. The fourth-order valence-corrected chi connectivity index (χ4v) is 2.32. The number of hydrogen-bond donors (Lipinski definition) is 1. The first-order valence-electron chi connectivity index (χ1n) is 6.45. The molecule has 1 atom stereocenters. The number of aromatic nitrogens is 5. The highest BCUT2D eigenvalue weighted by atomic mass is 16.4. The topological polar surface area (TPSA) is 93.3 Å². The second-order valence-electron chi connectivity index (χ2n) is 4.87. The molecule has 7 nitrogen and oxygen atoms in total. The van der Waals surface area contributed by atoms with Gasteiger partial charge in [-0.15, -0.1) is 5.10 Å². The molecule has 106 valence electrons. The first kappa shape index (κ1) is 13.2. The van der Waals surface area contributed by atoms with Gasteiger partial charge >= 0.3 is 5.97 Å². The Morgan fingerprint density at radius 3 is 3.00 bits per heavy atom. The summed E-state index contributed by atoms with van der Waals surface area (Å²) in [7, 11) is 0. The predicted molar refractivity (Wildman–Crippen MR) is 73.8 cm³/mol. The van der Waals surface area contributed by atoms with Crippen LogP contribution in [-0.2, 0) is 11.2 Å². The molecule has 0 spiro atoms. The van der Waals surface area contributed by atoms with Gasteiger partial charge in [0, 0.05) is 6.20 Å². The van der Waals surface area contributed by atoms with E-state index >= 15 is 0 Å². The average Bonchev–Trinajstić information content (AvgIpc) is 2.93. The van der Waals surface area contributed by atoms with E-state index in [1.165, 1.54) is 16.9 Å². The summed E-state index contributed by atoms with van der Waals surface area (Å²) in [5.74, 6) is -1.69. The molecule has 7 heteroatoms. The van der Waals surface area contributed by atoms with Crippen molar-refractivity contribution in [2.75, 3.05) is 0 Å². The Hall–Kier alpha value is -2.83. The molecule has 0 bridgehead atoms. The highest BCUT2D eigenvalue weighted by Gasteiger charge is 2.24. The minimum absolute atomic E-state index is 0.359. The fraction of sp³-hybridized carbons (Fsp3) is 0.214. The molecule has 0 saturated heterocycles. The first-order chi connectivity index (χ1) is 10.1. The van der Waals surface area contributed by atoms with Crippen molar-refractivity contribution in [3.63, 3.8) is 0 Å². The van der Waals surface area contributed by atoms with E-state index < -0.39 is 11.9 Å². The largest absolute Gasteiger partial charge is 0.481 e. The molecule has 2 aromatic heterocycles. The molecule has 0 fully saturated rings. The fourth-order valence-electron chi connectivity index (χ4n) is 2.32. The second-order valence-corrected chi connectivity index (χ2v) is 4.87. The molecule has 0 aliphatic carbocycles. The smallest absolute Gasteiger partial charge is 0.312 e. The van der Waals surface area contributed by atoms with E-state index in [1.807, 2.05) is 31.2 Å². The van der Waals surface area contributed by atoms with Crippen LogP contribution in [0.2, 0.25) is 0 Å². The van der Waals surface area contributed by atoms with Crippen LogP contribution in [0.15, 0.2) is 36.7 Å². The standard InChI is InChI=1S/C14H13N5O2/c1-9-3-2-4-10(5-9)6-11(14(20)21)12-7-15-8-13-16-17-18-19(12)13/h2-5,7-8,11H,6H2,1H3,(H,20,21). The Labute approximate surface area is 120 Å². The summed E-state index contributed by atoms with van der Waals surface area (Å²) in [5, 5.41) is 20.7. The van der Waals surface area contributed by atoms with Gasteiger partial charge in [0.2, 0.25) is 0 Å².